The van der Waals surface area contributed by atoms with Crippen molar-refractivity contribution in [3.8, 4) is 0 Å². The van der Waals surface area contributed by atoms with E-state index in [4.69, 9.17) is 4.74 Å². The van der Waals surface area contributed by atoms with Crippen LogP contribution in [-0.4, -0.2) is 121 Å². The first-order valence-electron chi connectivity index (χ1n) is 10.3. The van der Waals surface area contributed by atoms with Crippen molar-refractivity contribution in [2.24, 2.45) is 15.9 Å². The van der Waals surface area contributed by atoms with Crippen LogP contribution in [0.1, 0.15) is 6.92 Å². The van der Waals surface area contributed by atoms with Gasteiger partial charge >= 0.3 is 6.09 Å². The molecule has 1 unspecified atom stereocenters. The molecule has 0 saturated carbocycles. The van der Waals surface area contributed by atoms with Gasteiger partial charge in [0.1, 0.15) is 12.3 Å². The van der Waals surface area contributed by atoms with Crippen LogP contribution in [0.3, 0.4) is 0 Å². The van der Waals surface area contributed by atoms with Gasteiger partial charge in [-0.25, -0.2) is 9.79 Å². The summed E-state index contributed by atoms with van der Waals surface area (Å²) in [6, 6.07) is -0.198. The molecule has 3 aliphatic heterocycles. The fraction of sp³-hybridized carbons (Fsp3) is 0.571. The highest BCUT2D eigenvalue weighted by atomic mass is 16.5. The maximum absolute atomic E-state index is 13.5. The topological polar surface area (TPSA) is 118 Å². The Bertz CT molecular complexity index is 1010. The lowest BCUT2D eigenvalue weighted by Crippen LogP contribution is -2.53. The van der Waals surface area contributed by atoms with E-state index in [0.717, 1.165) is 0 Å². The van der Waals surface area contributed by atoms with Gasteiger partial charge < -0.3 is 24.5 Å². The molecule has 1 amide bonds. The molecular weight excluding hydrogens is 416 g/mol. The minimum absolute atomic E-state index is 0.0369. The molecule has 4 rings (SSSR count). The molecule has 0 aromatic rings. The molecule has 172 valence electrons. The van der Waals surface area contributed by atoms with Crippen LogP contribution in [0.5, 0.6) is 0 Å². The zero-order valence-corrected chi connectivity index (χ0v) is 19.1. The summed E-state index contributed by atoms with van der Waals surface area (Å²) in [6.07, 6.45) is 1.92. The number of carbonyl (C=O) groups is 3. The molecule has 3 heterocycles. The second kappa shape index (κ2) is 7.52. The fourth-order valence-electron chi connectivity index (χ4n) is 4.88. The van der Waals surface area contributed by atoms with Crippen LogP contribution in [0.2, 0.25) is 0 Å². The number of piperazine rings is 1. The van der Waals surface area contributed by atoms with Crippen LogP contribution >= 0.6 is 0 Å². The number of carbonyl (C=O) groups excluding carboxylic acids is 3. The lowest BCUT2D eigenvalue weighted by Gasteiger charge is -2.37. The Labute approximate surface area is 186 Å². The molecule has 0 bridgehead atoms. The lowest BCUT2D eigenvalue weighted by molar-refractivity contribution is -0.126. The van der Waals surface area contributed by atoms with E-state index in [1.165, 1.54) is 12.7 Å². The third-order valence-corrected chi connectivity index (χ3v) is 6.42. The molecule has 2 fully saturated rings. The van der Waals surface area contributed by atoms with Gasteiger partial charge in [-0.1, -0.05) is 0 Å². The highest BCUT2D eigenvalue weighted by Crippen LogP contribution is 2.57. The van der Waals surface area contributed by atoms with Gasteiger partial charge in [-0.2, -0.15) is 4.99 Å². The van der Waals surface area contributed by atoms with Gasteiger partial charge in [-0.15, -0.1) is 0 Å². The number of aliphatic hydroxyl groups is 1. The van der Waals surface area contributed by atoms with Crippen LogP contribution < -0.4 is 0 Å². The molecule has 32 heavy (non-hydrogen) atoms. The second-order valence-corrected chi connectivity index (χ2v) is 9.01. The Morgan fingerprint density at radius 2 is 1.88 bits per heavy atom. The van der Waals surface area contributed by atoms with E-state index in [1.807, 2.05) is 11.9 Å². The Hall–Kier alpha value is -3.05. The molecule has 5 atom stereocenters. The number of rotatable bonds is 5. The number of aliphatic imine (C=N–C) groups is 2. The summed E-state index contributed by atoms with van der Waals surface area (Å²) in [7, 11) is 8.82. The molecular formula is C21H28N6O5. The summed E-state index contributed by atoms with van der Waals surface area (Å²) in [6.45, 7) is 1.70. The van der Waals surface area contributed by atoms with Gasteiger partial charge in [0.25, 0.3) is 0 Å². The zero-order valence-electron chi connectivity index (χ0n) is 19.1. The summed E-state index contributed by atoms with van der Waals surface area (Å²) < 4.78 is 5.32. The van der Waals surface area contributed by atoms with Gasteiger partial charge in [0.05, 0.1) is 30.3 Å². The number of hydrogen-bond donors (Lipinski definition) is 1. The zero-order chi connectivity index (χ0) is 23.5. The van der Waals surface area contributed by atoms with Crippen molar-refractivity contribution < 1.29 is 24.2 Å². The largest absolute Gasteiger partial charge is 0.447 e. The Kier molecular flexibility index (Phi) is 5.21. The molecule has 0 aromatic carbocycles. The number of amides is 1. The van der Waals surface area contributed by atoms with Gasteiger partial charge in [0.2, 0.25) is 11.6 Å². The van der Waals surface area contributed by atoms with Crippen molar-refractivity contribution in [1.82, 2.24) is 19.6 Å². The maximum Gasteiger partial charge on any atom is 0.435 e. The lowest BCUT2D eigenvalue weighted by atomic mass is 9.82. The minimum Gasteiger partial charge on any atom is -0.447 e. The molecule has 0 spiro atoms. The number of allylic oxidation sites excluding steroid dienone is 2. The van der Waals surface area contributed by atoms with E-state index in [9.17, 15) is 19.5 Å². The molecule has 2 saturated heterocycles. The standard InChI is InChI=1S/C21H28N6O5/c1-11-15(22-9-24(2)3)18(29)14-12(8-32-20(30)23-10-25(4)5)21(31)19-13(26(19)6)7-27(21)16(14)17(11)28/h9-10,12-13,19,31H,7-8H2,1-6H3/b22-9?,23-10+/t12-,13-,19-,21+,26?/m0/s1. The predicted molar refractivity (Wildman–Crippen MR) is 116 cm³/mol. The Morgan fingerprint density at radius 3 is 2.50 bits per heavy atom. The van der Waals surface area contributed by atoms with Crippen LogP contribution in [0, 0.1) is 5.92 Å². The summed E-state index contributed by atoms with van der Waals surface area (Å²) in [5, 5.41) is 11.8. The number of ether oxygens (including phenoxy) is 1. The third kappa shape index (κ3) is 3.15. The molecule has 0 aromatic heterocycles. The monoisotopic (exact) mass is 444 g/mol. The number of likely N-dealkylation sites (N-methyl/N-ethyl adjacent to an activating group) is 1. The number of Topliss-reactive ketones (excluding diaryl/α,β-unsaturated/α-hetero) is 2. The van der Waals surface area contributed by atoms with E-state index >= 15 is 0 Å². The summed E-state index contributed by atoms with van der Waals surface area (Å²) in [5.41, 5.74) is -0.914. The van der Waals surface area contributed by atoms with Crippen molar-refractivity contribution >= 4 is 30.3 Å². The van der Waals surface area contributed by atoms with Crippen LogP contribution in [0.4, 0.5) is 4.79 Å². The van der Waals surface area contributed by atoms with Crippen LogP contribution in [-0.2, 0) is 14.3 Å². The van der Waals surface area contributed by atoms with Crippen molar-refractivity contribution in [2.45, 2.75) is 24.7 Å². The Morgan fingerprint density at radius 1 is 1.22 bits per heavy atom. The molecule has 0 radical (unpaired) electrons. The second-order valence-electron chi connectivity index (χ2n) is 9.01. The highest BCUT2D eigenvalue weighted by molar-refractivity contribution is 6.25. The van der Waals surface area contributed by atoms with Gasteiger partial charge in [-0.3, -0.25) is 14.5 Å². The van der Waals surface area contributed by atoms with E-state index in [1.54, 1.807) is 49.8 Å². The van der Waals surface area contributed by atoms with E-state index in [2.05, 4.69) is 9.98 Å². The fourth-order valence-corrected chi connectivity index (χ4v) is 4.88. The van der Waals surface area contributed by atoms with Crippen molar-refractivity contribution in [2.75, 3.05) is 48.4 Å². The molecule has 11 nitrogen and oxygen atoms in total. The van der Waals surface area contributed by atoms with Crippen LogP contribution in [0.25, 0.3) is 0 Å². The average Bonchev–Trinajstić information content (AvgIpc) is 3.13. The predicted octanol–water partition coefficient (Wildman–Crippen LogP) is -0.701. The number of nitrogens with zero attached hydrogens (tertiary/aromatic N) is 6. The molecule has 1 aliphatic carbocycles. The van der Waals surface area contributed by atoms with Gasteiger partial charge in [-0.05, 0) is 14.0 Å². The van der Waals surface area contributed by atoms with Crippen LogP contribution in [0.15, 0.2) is 32.5 Å². The normalized spacial score (nSPS) is 33.3. The number of ketones is 2. The summed E-state index contributed by atoms with van der Waals surface area (Å²) in [5.74, 6) is -1.67. The van der Waals surface area contributed by atoms with Gasteiger partial charge in [0, 0.05) is 51.9 Å². The SMILES string of the molecule is CC1=C(N=CN(C)C)C(=O)C2=C(C1=O)N1C[C@H]3[C@H](N3C)[C@]1(O)[C@H]2COC(=O)/N=C/N(C)C. The third-order valence-electron chi connectivity index (χ3n) is 6.42. The molecule has 11 heteroatoms. The number of fused-ring (bicyclic) bond motifs is 4. The first kappa shape index (κ1) is 22.2. The first-order valence-corrected chi connectivity index (χ1v) is 10.3. The van der Waals surface area contributed by atoms with Gasteiger partial charge in [0.15, 0.2) is 5.72 Å². The summed E-state index contributed by atoms with van der Waals surface area (Å²) >= 11 is 0. The molecule has 1 N–H and O–H groups in total. The molecule has 4 aliphatic rings. The highest BCUT2D eigenvalue weighted by Gasteiger charge is 2.74. The smallest absolute Gasteiger partial charge is 0.435 e. The van der Waals surface area contributed by atoms with E-state index in [0.29, 0.717) is 6.54 Å². The van der Waals surface area contributed by atoms with E-state index < -0.39 is 23.5 Å². The first-order chi connectivity index (χ1) is 15.0. The van der Waals surface area contributed by atoms with Crippen molar-refractivity contribution in [3.63, 3.8) is 0 Å². The maximum atomic E-state index is 13.5. The van der Waals surface area contributed by atoms with Crippen molar-refractivity contribution in [3.05, 3.63) is 22.5 Å². The number of hydrogen-bond acceptors (Lipinski definition) is 8. The Balaban J connectivity index is 1.70. The van der Waals surface area contributed by atoms with Crippen molar-refractivity contribution in [1.29, 1.82) is 0 Å². The van der Waals surface area contributed by atoms with E-state index in [-0.39, 0.29) is 47.0 Å². The average molecular weight is 444 g/mol. The minimum atomic E-state index is -1.53. The summed E-state index contributed by atoms with van der Waals surface area (Å²) in [4.78, 5) is 53.6. The quantitative estimate of drug-likeness (QED) is 0.254.